The number of ether oxygens (including phenoxy) is 3. The van der Waals surface area contributed by atoms with E-state index in [2.05, 4.69) is 0 Å². The van der Waals surface area contributed by atoms with Gasteiger partial charge in [0.05, 0.1) is 22.5 Å². The first kappa shape index (κ1) is 15.7. The molecule has 0 unspecified atom stereocenters. The first-order chi connectivity index (χ1) is 11.5. The van der Waals surface area contributed by atoms with E-state index in [1.165, 1.54) is 30.3 Å². The minimum absolute atomic E-state index is 0.0226. The van der Waals surface area contributed by atoms with Gasteiger partial charge in [0.25, 0.3) is 11.4 Å². The lowest BCUT2D eigenvalue weighted by atomic mass is 10.1. The van der Waals surface area contributed by atoms with E-state index in [4.69, 9.17) is 14.2 Å². The lowest BCUT2D eigenvalue weighted by Crippen LogP contribution is -2.14. The number of hydrogen-bond acceptors (Lipinski definition) is 7. The van der Waals surface area contributed by atoms with Gasteiger partial charge in [-0.2, -0.15) is 0 Å². The molecule has 9 nitrogen and oxygen atoms in total. The van der Waals surface area contributed by atoms with E-state index >= 15 is 0 Å². The van der Waals surface area contributed by atoms with Crippen LogP contribution in [0.1, 0.15) is 11.1 Å². The molecule has 0 amide bonds. The van der Waals surface area contributed by atoms with Crippen molar-refractivity contribution in [2.75, 3.05) is 6.79 Å². The second-order valence-corrected chi connectivity index (χ2v) is 5.00. The Morgan fingerprint density at radius 2 is 1.88 bits per heavy atom. The van der Waals surface area contributed by atoms with Crippen molar-refractivity contribution in [2.45, 2.75) is 13.2 Å². The average molecular weight is 332 g/mol. The van der Waals surface area contributed by atoms with E-state index < -0.39 is 9.85 Å². The molecule has 0 spiro atoms. The number of fused-ring (bicyclic) bond motifs is 1. The van der Waals surface area contributed by atoms with Gasteiger partial charge in [-0.25, -0.2) is 0 Å². The molecule has 0 atom stereocenters. The molecule has 0 aliphatic carbocycles. The van der Waals surface area contributed by atoms with Gasteiger partial charge in [-0.1, -0.05) is 6.07 Å². The van der Waals surface area contributed by atoms with Crippen LogP contribution in [0.5, 0.6) is 11.5 Å². The molecule has 0 fully saturated rings. The van der Waals surface area contributed by atoms with Gasteiger partial charge in [0, 0.05) is 29.3 Å². The Balaban J connectivity index is 1.86. The van der Waals surface area contributed by atoms with Gasteiger partial charge in [0.15, 0.2) is 6.79 Å². The van der Waals surface area contributed by atoms with Crippen LogP contribution in [0, 0.1) is 20.2 Å². The normalized spacial score (nSPS) is 12.8. The molecule has 24 heavy (non-hydrogen) atoms. The number of benzene rings is 2. The van der Waals surface area contributed by atoms with Gasteiger partial charge < -0.3 is 14.2 Å². The standard InChI is InChI=1S/C15H12N2O7/c18-16(19)12-2-1-3-14(6-12)23-8-11-5-13(17(20)21)4-10-7-22-9-24-15(10)11/h1-6H,7-9H2. The zero-order valence-electron chi connectivity index (χ0n) is 12.3. The van der Waals surface area contributed by atoms with Crippen LogP contribution >= 0.6 is 0 Å². The maximum atomic E-state index is 11.0. The van der Waals surface area contributed by atoms with Crippen LogP contribution in [0.2, 0.25) is 0 Å². The first-order valence-electron chi connectivity index (χ1n) is 6.92. The molecule has 124 valence electrons. The Morgan fingerprint density at radius 1 is 1.08 bits per heavy atom. The van der Waals surface area contributed by atoms with Gasteiger partial charge in [-0.15, -0.1) is 0 Å². The molecule has 2 aromatic carbocycles. The zero-order valence-corrected chi connectivity index (χ0v) is 12.3. The Morgan fingerprint density at radius 3 is 2.62 bits per heavy atom. The van der Waals surface area contributed by atoms with Crippen molar-refractivity contribution in [3.8, 4) is 11.5 Å². The number of nitrogens with zero attached hydrogens (tertiary/aromatic N) is 2. The number of nitro benzene ring substituents is 2. The summed E-state index contributed by atoms with van der Waals surface area (Å²) in [4.78, 5) is 20.8. The zero-order chi connectivity index (χ0) is 17.1. The third-order valence-corrected chi connectivity index (χ3v) is 3.41. The number of rotatable bonds is 5. The van der Waals surface area contributed by atoms with Gasteiger partial charge in [-0.05, 0) is 6.07 Å². The summed E-state index contributed by atoms with van der Waals surface area (Å²) in [5.41, 5.74) is 0.848. The molecule has 1 aliphatic heterocycles. The molecule has 0 bridgehead atoms. The maximum absolute atomic E-state index is 11.0. The van der Waals surface area contributed by atoms with Crippen LogP contribution in [0.25, 0.3) is 0 Å². The highest BCUT2D eigenvalue weighted by Gasteiger charge is 2.21. The Bertz CT molecular complexity index is 806. The van der Waals surface area contributed by atoms with E-state index in [0.717, 1.165) is 0 Å². The fourth-order valence-corrected chi connectivity index (χ4v) is 2.34. The Labute approximate surface area is 135 Å². The maximum Gasteiger partial charge on any atom is 0.273 e. The van der Waals surface area contributed by atoms with Gasteiger partial charge in [0.2, 0.25) is 0 Å². The average Bonchev–Trinajstić information content (AvgIpc) is 2.59. The molecule has 0 aromatic heterocycles. The van der Waals surface area contributed by atoms with Crippen LogP contribution in [-0.2, 0) is 18.0 Å². The molecule has 9 heteroatoms. The molecule has 0 saturated heterocycles. The minimum Gasteiger partial charge on any atom is -0.489 e. The van der Waals surface area contributed by atoms with Crippen LogP contribution in [0.3, 0.4) is 0 Å². The molecular weight excluding hydrogens is 320 g/mol. The van der Waals surface area contributed by atoms with Crippen LogP contribution in [0.15, 0.2) is 36.4 Å². The highest BCUT2D eigenvalue weighted by atomic mass is 16.7. The van der Waals surface area contributed by atoms with Crippen LogP contribution < -0.4 is 9.47 Å². The fourth-order valence-electron chi connectivity index (χ4n) is 2.34. The van der Waals surface area contributed by atoms with Crippen molar-refractivity contribution >= 4 is 11.4 Å². The summed E-state index contributed by atoms with van der Waals surface area (Å²) < 4.78 is 16.1. The summed E-state index contributed by atoms with van der Waals surface area (Å²) in [6.07, 6.45) is 0. The monoisotopic (exact) mass is 332 g/mol. The number of nitro groups is 2. The number of non-ortho nitro benzene ring substituents is 2. The third-order valence-electron chi connectivity index (χ3n) is 3.41. The van der Waals surface area contributed by atoms with Gasteiger partial charge in [-0.3, -0.25) is 20.2 Å². The van der Waals surface area contributed by atoms with Crippen molar-refractivity contribution in [1.29, 1.82) is 0 Å². The van der Waals surface area contributed by atoms with Crippen molar-refractivity contribution in [1.82, 2.24) is 0 Å². The molecule has 0 N–H and O–H groups in total. The first-order valence-corrected chi connectivity index (χ1v) is 6.92. The predicted molar refractivity (Wildman–Crippen MR) is 80.8 cm³/mol. The molecular formula is C15H12N2O7. The molecule has 1 aliphatic rings. The van der Waals surface area contributed by atoms with Crippen LogP contribution in [0.4, 0.5) is 11.4 Å². The third kappa shape index (κ3) is 3.25. The minimum atomic E-state index is -0.525. The SMILES string of the molecule is O=[N+]([O-])c1cccc(OCc2cc([N+](=O)[O-])cc3c2OCOC3)c1. The van der Waals surface area contributed by atoms with Gasteiger partial charge >= 0.3 is 0 Å². The second-order valence-electron chi connectivity index (χ2n) is 5.00. The van der Waals surface area contributed by atoms with Gasteiger partial charge in [0.1, 0.15) is 18.1 Å². The molecule has 2 aromatic rings. The Kier molecular flexibility index (Phi) is 4.25. The summed E-state index contributed by atoms with van der Waals surface area (Å²) >= 11 is 0. The smallest absolute Gasteiger partial charge is 0.273 e. The molecule has 0 radical (unpaired) electrons. The largest absolute Gasteiger partial charge is 0.489 e. The van der Waals surface area contributed by atoms with E-state index in [1.54, 1.807) is 6.07 Å². The topological polar surface area (TPSA) is 114 Å². The van der Waals surface area contributed by atoms with Crippen LogP contribution in [-0.4, -0.2) is 16.6 Å². The van der Waals surface area contributed by atoms with E-state index in [9.17, 15) is 20.2 Å². The summed E-state index contributed by atoms with van der Waals surface area (Å²) in [7, 11) is 0. The second kappa shape index (κ2) is 6.50. The van der Waals surface area contributed by atoms with E-state index in [1.807, 2.05) is 0 Å². The van der Waals surface area contributed by atoms with Crippen molar-refractivity contribution in [3.05, 3.63) is 67.8 Å². The quantitative estimate of drug-likeness (QED) is 0.610. The van der Waals surface area contributed by atoms with E-state index in [-0.39, 0.29) is 37.1 Å². The van der Waals surface area contributed by atoms with Crippen molar-refractivity contribution in [2.24, 2.45) is 0 Å². The number of hydrogen-bond donors (Lipinski definition) is 0. The molecule has 1 heterocycles. The lowest BCUT2D eigenvalue weighted by molar-refractivity contribution is -0.385. The van der Waals surface area contributed by atoms with Crippen molar-refractivity contribution < 1.29 is 24.1 Å². The molecule has 0 saturated carbocycles. The summed E-state index contributed by atoms with van der Waals surface area (Å²) in [5.74, 6) is 0.772. The predicted octanol–water partition coefficient (Wildman–Crippen LogP) is 2.95. The highest BCUT2D eigenvalue weighted by Crippen LogP contribution is 2.33. The Hall–Kier alpha value is -3.20. The van der Waals surface area contributed by atoms with E-state index in [0.29, 0.717) is 16.9 Å². The summed E-state index contributed by atoms with van der Waals surface area (Å²) in [6, 6.07) is 8.46. The lowest BCUT2D eigenvalue weighted by Gasteiger charge is -2.20. The fraction of sp³-hybridized carbons (Fsp3) is 0.200. The summed E-state index contributed by atoms with van der Waals surface area (Å²) in [6.45, 7) is 0.237. The molecule has 3 rings (SSSR count). The highest BCUT2D eigenvalue weighted by molar-refractivity contribution is 5.50. The summed E-state index contributed by atoms with van der Waals surface area (Å²) in [5, 5.41) is 21.8. The van der Waals surface area contributed by atoms with Crippen molar-refractivity contribution in [3.63, 3.8) is 0 Å².